The molecule has 2 nitrogen and oxygen atoms in total. The molecule has 1 fully saturated rings. The fourth-order valence-corrected chi connectivity index (χ4v) is 4.87. The Morgan fingerprint density at radius 3 is 3.00 bits per heavy atom. The Balaban J connectivity index is 1.74. The molecule has 1 aromatic heterocycles. The lowest BCUT2D eigenvalue weighted by molar-refractivity contribution is 0.215. The van der Waals surface area contributed by atoms with E-state index in [1.165, 1.54) is 42.3 Å². The summed E-state index contributed by atoms with van der Waals surface area (Å²) in [5, 5.41) is 10.8. The van der Waals surface area contributed by atoms with Crippen molar-refractivity contribution in [1.82, 2.24) is 4.98 Å². The fourth-order valence-electron chi connectivity index (χ4n) is 4.87. The number of fused-ring (bicyclic) bond motifs is 5. The minimum atomic E-state index is 0.305. The Hall–Kier alpha value is -1.54. The van der Waals surface area contributed by atoms with Gasteiger partial charge in [0, 0.05) is 29.1 Å². The van der Waals surface area contributed by atoms with E-state index in [-0.39, 0.29) is 0 Å². The molecule has 2 aromatic rings. The first-order valence-electron chi connectivity index (χ1n) is 8.67. The zero-order valence-corrected chi connectivity index (χ0v) is 13.3. The maximum atomic E-state index is 9.40. The lowest BCUT2D eigenvalue weighted by Crippen LogP contribution is -2.30. The third-order valence-electron chi connectivity index (χ3n) is 5.96. The first-order valence-corrected chi connectivity index (χ1v) is 8.67. The first-order chi connectivity index (χ1) is 10.8. The molecule has 1 heterocycles. The van der Waals surface area contributed by atoms with E-state index in [9.17, 15) is 5.11 Å². The number of para-hydroxylation sites is 1. The van der Waals surface area contributed by atoms with E-state index in [0.29, 0.717) is 18.4 Å². The van der Waals surface area contributed by atoms with Gasteiger partial charge in [-0.25, -0.2) is 0 Å². The highest BCUT2D eigenvalue weighted by molar-refractivity contribution is 5.85. The number of benzene rings is 1. The summed E-state index contributed by atoms with van der Waals surface area (Å²) >= 11 is 0. The highest BCUT2D eigenvalue weighted by Gasteiger charge is 2.38. The van der Waals surface area contributed by atoms with E-state index >= 15 is 0 Å². The molecular formula is C20H25NO. The van der Waals surface area contributed by atoms with E-state index in [2.05, 4.69) is 42.2 Å². The van der Waals surface area contributed by atoms with Crippen molar-refractivity contribution in [3.63, 3.8) is 0 Å². The second-order valence-corrected chi connectivity index (χ2v) is 6.98. The average molecular weight is 295 g/mol. The van der Waals surface area contributed by atoms with Gasteiger partial charge in [-0.2, -0.15) is 0 Å². The van der Waals surface area contributed by atoms with Gasteiger partial charge in [0.1, 0.15) is 0 Å². The van der Waals surface area contributed by atoms with E-state index in [1.807, 2.05) is 0 Å². The van der Waals surface area contributed by atoms with Crippen molar-refractivity contribution in [1.29, 1.82) is 0 Å². The number of H-pyrrole nitrogens is 1. The lowest BCUT2D eigenvalue weighted by atomic mass is 9.64. The third kappa shape index (κ3) is 2.13. The molecule has 2 aliphatic rings. The Morgan fingerprint density at radius 1 is 1.32 bits per heavy atom. The molecule has 3 atom stereocenters. The van der Waals surface area contributed by atoms with Gasteiger partial charge >= 0.3 is 0 Å². The second kappa shape index (κ2) is 5.58. The van der Waals surface area contributed by atoms with Crippen LogP contribution in [-0.2, 0) is 6.42 Å². The van der Waals surface area contributed by atoms with Crippen LogP contribution in [0.15, 0.2) is 35.9 Å². The van der Waals surface area contributed by atoms with Gasteiger partial charge in [0.25, 0.3) is 0 Å². The molecule has 0 amide bonds. The molecule has 1 aromatic carbocycles. The van der Waals surface area contributed by atoms with Crippen LogP contribution in [0.4, 0.5) is 0 Å². The predicted molar refractivity (Wildman–Crippen MR) is 91.0 cm³/mol. The van der Waals surface area contributed by atoms with Crippen LogP contribution >= 0.6 is 0 Å². The first kappa shape index (κ1) is 14.1. The van der Waals surface area contributed by atoms with Crippen LogP contribution in [-0.4, -0.2) is 16.7 Å². The van der Waals surface area contributed by atoms with E-state index < -0.39 is 0 Å². The molecule has 0 radical (unpaired) electrons. The molecule has 2 aliphatic carbocycles. The molecule has 0 aliphatic heterocycles. The molecule has 3 unspecified atom stereocenters. The Morgan fingerprint density at radius 2 is 2.18 bits per heavy atom. The van der Waals surface area contributed by atoms with Crippen LogP contribution in [0.3, 0.4) is 0 Å². The molecule has 0 saturated heterocycles. The number of nitrogens with one attached hydrogen (secondary N) is 1. The number of aromatic amines is 1. The van der Waals surface area contributed by atoms with Crippen LogP contribution in [0.25, 0.3) is 10.9 Å². The molecule has 4 rings (SSSR count). The van der Waals surface area contributed by atoms with Gasteiger partial charge in [0.15, 0.2) is 0 Å². The monoisotopic (exact) mass is 295 g/mol. The smallest absolute Gasteiger partial charge is 0.0459 e. The van der Waals surface area contributed by atoms with Crippen LogP contribution in [0.1, 0.15) is 49.8 Å². The Labute approximate surface area is 132 Å². The summed E-state index contributed by atoms with van der Waals surface area (Å²) in [6.07, 6.45) is 8.16. The number of hydrogen-bond donors (Lipinski definition) is 2. The Kier molecular flexibility index (Phi) is 3.57. The van der Waals surface area contributed by atoms with Gasteiger partial charge in [-0.05, 0) is 62.5 Å². The standard InChI is InChI=1S/C20H25NO/c1-2-13-11-15-7-8-17-16-5-3-4-6-19(16)21-20(17)18(15)12-14(13)9-10-22/h2-6,14-15,18,21-22H,7-12H2,1H3. The summed E-state index contributed by atoms with van der Waals surface area (Å²) in [7, 11) is 0. The number of rotatable bonds is 2. The van der Waals surface area contributed by atoms with Crippen LogP contribution < -0.4 is 0 Å². The number of aliphatic hydroxyl groups is 1. The molecule has 2 heteroatoms. The van der Waals surface area contributed by atoms with Crippen LogP contribution in [0, 0.1) is 11.8 Å². The molecule has 116 valence electrons. The molecule has 1 saturated carbocycles. The fraction of sp³-hybridized carbons (Fsp3) is 0.500. The van der Waals surface area contributed by atoms with Crippen molar-refractivity contribution in [2.45, 2.75) is 44.9 Å². The summed E-state index contributed by atoms with van der Waals surface area (Å²) in [4.78, 5) is 3.73. The predicted octanol–water partition coefficient (Wildman–Crippen LogP) is 4.55. The largest absolute Gasteiger partial charge is 0.396 e. The molecule has 0 spiro atoms. The number of allylic oxidation sites excluding steroid dienone is 2. The van der Waals surface area contributed by atoms with Gasteiger partial charge in [-0.1, -0.05) is 29.8 Å². The minimum Gasteiger partial charge on any atom is -0.396 e. The van der Waals surface area contributed by atoms with Gasteiger partial charge < -0.3 is 10.1 Å². The Bertz CT molecular complexity index is 712. The number of aryl methyl sites for hydroxylation is 1. The summed E-state index contributed by atoms with van der Waals surface area (Å²) in [5.74, 6) is 1.99. The number of aromatic nitrogens is 1. The number of hydrogen-bond acceptors (Lipinski definition) is 1. The molecule has 22 heavy (non-hydrogen) atoms. The van der Waals surface area contributed by atoms with Crippen molar-refractivity contribution in [2.75, 3.05) is 6.61 Å². The summed E-state index contributed by atoms with van der Waals surface area (Å²) < 4.78 is 0. The van der Waals surface area contributed by atoms with Crippen molar-refractivity contribution >= 4 is 10.9 Å². The van der Waals surface area contributed by atoms with E-state index in [1.54, 1.807) is 11.1 Å². The van der Waals surface area contributed by atoms with Crippen molar-refractivity contribution in [2.24, 2.45) is 11.8 Å². The van der Waals surface area contributed by atoms with Crippen LogP contribution in [0.2, 0.25) is 0 Å². The van der Waals surface area contributed by atoms with Crippen molar-refractivity contribution < 1.29 is 5.11 Å². The van der Waals surface area contributed by atoms with Gasteiger partial charge in [0.2, 0.25) is 0 Å². The average Bonchev–Trinajstić information content (AvgIpc) is 2.93. The third-order valence-corrected chi connectivity index (χ3v) is 5.96. The van der Waals surface area contributed by atoms with Gasteiger partial charge in [-0.3, -0.25) is 0 Å². The zero-order chi connectivity index (χ0) is 15.1. The summed E-state index contributed by atoms with van der Waals surface area (Å²) in [5.41, 5.74) is 5.93. The quantitative estimate of drug-likeness (QED) is 0.783. The summed E-state index contributed by atoms with van der Waals surface area (Å²) in [6.45, 7) is 2.47. The van der Waals surface area contributed by atoms with E-state index in [0.717, 1.165) is 12.3 Å². The van der Waals surface area contributed by atoms with Crippen LogP contribution in [0.5, 0.6) is 0 Å². The van der Waals surface area contributed by atoms with Gasteiger partial charge in [-0.15, -0.1) is 0 Å². The maximum absolute atomic E-state index is 9.40. The highest BCUT2D eigenvalue weighted by atomic mass is 16.3. The van der Waals surface area contributed by atoms with Gasteiger partial charge in [0.05, 0.1) is 0 Å². The topological polar surface area (TPSA) is 36.0 Å². The minimum absolute atomic E-state index is 0.305. The van der Waals surface area contributed by atoms with Crippen molar-refractivity contribution in [3.05, 3.63) is 47.2 Å². The molecule has 0 bridgehead atoms. The lowest BCUT2D eigenvalue weighted by Gasteiger charge is -2.41. The normalized spacial score (nSPS) is 29.5. The molecular weight excluding hydrogens is 270 g/mol. The van der Waals surface area contributed by atoms with E-state index in [4.69, 9.17) is 0 Å². The summed E-state index contributed by atoms with van der Waals surface area (Å²) in [6, 6.07) is 8.73. The van der Waals surface area contributed by atoms with Crippen molar-refractivity contribution in [3.8, 4) is 0 Å². The number of aliphatic hydroxyl groups excluding tert-OH is 1. The maximum Gasteiger partial charge on any atom is 0.0459 e. The second-order valence-electron chi connectivity index (χ2n) is 6.98. The molecule has 2 N–H and O–H groups in total. The SMILES string of the molecule is CC=C1CC2CCc3c([nH]c4ccccc34)C2CC1CCO. The highest BCUT2D eigenvalue weighted by Crippen LogP contribution is 2.50. The zero-order valence-electron chi connectivity index (χ0n) is 13.3.